The maximum Gasteiger partial charge on any atom is 0.223 e. The van der Waals surface area contributed by atoms with E-state index in [0.717, 1.165) is 11.5 Å². The molecular weight excluding hydrogens is 212 g/mol. The highest BCUT2D eigenvalue weighted by atomic mass is 32.2. The van der Waals surface area contributed by atoms with Crippen molar-refractivity contribution >= 4 is 17.7 Å². The van der Waals surface area contributed by atoms with Crippen LogP contribution in [0.4, 0.5) is 0 Å². The first kappa shape index (κ1) is 14.7. The zero-order valence-corrected chi connectivity index (χ0v) is 10.3. The van der Waals surface area contributed by atoms with Crippen molar-refractivity contribution in [2.45, 2.75) is 32.9 Å². The summed E-state index contributed by atoms with van der Waals surface area (Å²) in [4.78, 5) is 11.4. The van der Waals surface area contributed by atoms with Gasteiger partial charge < -0.3 is 16.2 Å². The van der Waals surface area contributed by atoms with Crippen LogP contribution in [0.15, 0.2) is 0 Å². The summed E-state index contributed by atoms with van der Waals surface area (Å²) in [5.74, 6) is 1.87. The maximum absolute atomic E-state index is 11.4. The van der Waals surface area contributed by atoms with Crippen molar-refractivity contribution in [1.29, 1.82) is 0 Å². The molecule has 0 saturated heterocycles. The van der Waals surface area contributed by atoms with Crippen molar-refractivity contribution in [3.63, 3.8) is 0 Å². The SMILES string of the molecule is CCCCSCC(C)C(=O)NCC(N)O. The Hall–Kier alpha value is -0.260. The molecule has 15 heavy (non-hydrogen) atoms. The fourth-order valence-corrected chi connectivity index (χ4v) is 2.13. The van der Waals surface area contributed by atoms with Crippen molar-refractivity contribution in [2.24, 2.45) is 11.7 Å². The molecule has 5 heteroatoms. The van der Waals surface area contributed by atoms with Gasteiger partial charge in [0.25, 0.3) is 0 Å². The summed E-state index contributed by atoms with van der Waals surface area (Å²) < 4.78 is 0. The highest BCUT2D eigenvalue weighted by Gasteiger charge is 2.12. The minimum absolute atomic E-state index is 0.0226. The normalized spacial score (nSPS) is 14.7. The number of aliphatic hydroxyl groups is 1. The molecule has 2 unspecified atom stereocenters. The summed E-state index contributed by atoms with van der Waals surface area (Å²) >= 11 is 1.79. The van der Waals surface area contributed by atoms with Gasteiger partial charge in [-0.2, -0.15) is 11.8 Å². The second-order valence-electron chi connectivity index (χ2n) is 3.64. The Morgan fingerprint density at radius 3 is 2.80 bits per heavy atom. The Morgan fingerprint density at radius 1 is 1.60 bits per heavy atom. The predicted molar refractivity (Wildman–Crippen MR) is 64.6 cm³/mol. The number of thioether (sulfide) groups is 1. The van der Waals surface area contributed by atoms with Crippen molar-refractivity contribution < 1.29 is 9.90 Å². The van der Waals surface area contributed by atoms with Crippen LogP contribution in [0.25, 0.3) is 0 Å². The average Bonchev–Trinajstić information content (AvgIpc) is 2.20. The van der Waals surface area contributed by atoms with Gasteiger partial charge in [0.2, 0.25) is 5.91 Å². The summed E-state index contributed by atoms with van der Waals surface area (Å²) in [6.45, 7) is 4.17. The lowest BCUT2D eigenvalue weighted by Crippen LogP contribution is -2.39. The molecule has 0 aliphatic rings. The van der Waals surface area contributed by atoms with Gasteiger partial charge in [0.05, 0.1) is 6.54 Å². The van der Waals surface area contributed by atoms with Gasteiger partial charge in [-0.05, 0) is 12.2 Å². The topological polar surface area (TPSA) is 75.4 Å². The van der Waals surface area contributed by atoms with Gasteiger partial charge in [-0.3, -0.25) is 4.79 Å². The molecule has 0 aliphatic heterocycles. The van der Waals surface area contributed by atoms with Gasteiger partial charge in [0.15, 0.2) is 0 Å². The van der Waals surface area contributed by atoms with E-state index in [0.29, 0.717) is 0 Å². The molecule has 0 rings (SSSR count). The standard InChI is InChI=1S/C10H22N2O2S/c1-3-4-5-15-7-8(2)10(14)12-6-9(11)13/h8-9,13H,3-7,11H2,1-2H3,(H,12,14). The van der Waals surface area contributed by atoms with Crippen molar-refractivity contribution in [3.8, 4) is 0 Å². The Bertz CT molecular complexity index is 177. The molecule has 4 nitrogen and oxygen atoms in total. The lowest BCUT2D eigenvalue weighted by Gasteiger charge is -2.12. The Balaban J connectivity index is 3.51. The lowest BCUT2D eigenvalue weighted by molar-refractivity contribution is -0.124. The summed E-state index contributed by atoms with van der Waals surface area (Å²) in [5, 5.41) is 11.4. The largest absolute Gasteiger partial charge is 0.377 e. The summed E-state index contributed by atoms with van der Waals surface area (Å²) in [7, 11) is 0. The number of hydrogen-bond acceptors (Lipinski definition) is 4. The Labute approximate surface area is 96.0 Å². The van der Waals surface area contributed by atoms with E-state index in [4.69, 9.17) is 10.8 Å². The molecule has 0 aliphatic carbocycles. The van der Waals surface area contributed by atoms with Crippen molar-refractivity contribution in [1.82, 2.24) is 5.32 Å². The molecule has 0 aromatic carbocycles. The van der Waals surface area contributed by atoms with Crippen LogP contribution in [0.5, 0.6) is 0 Å². The number of amides is 1. The minimum atomic E-state index is -0.964. The third-order valence-corrected chi connectivity index (χ3v) is 3.26. The molecule has 0 saturated carbocycles. The molecule has 0 radical (unpaired) electrons. The second-order valence-corrected chi connectivity index (χ2v) is 4.79. The van der Waals surface area contributed by atoms with Crippen LogP contribution in [0.2, 0.25) is 0 Å². The van der Waals surface area contributed by atoms with Gasteiger partial charge in [-0.1, -0.05) is 20.3 Å². The number of hydrogen-bond donors (Lipinski definition) is 3. The van der Waals surface area contributed by atoms with E-state index >= 15 is 0 Å². The number of rotatable bonds is 8. The molecular formula is C10H22N2O2S. The van der Waals surface area contributed by atoms with Crippen LogP contribution in [0, 0.1) is 5.92 Å². The van der Waals surface area contributed by atoms with E-state index < -0.39 is 6.23 Å². The van der Waals surface area contributed by atoms with Crippen molar-refractivity contribution in [2.75, 3.05) is 18.1 Å². The lowest BCUT2D eigenvalue weighted by atomic mass is 10.2. The maximum atomic E-state index is 11.4. The average molecular weight is 234 g/mol. The number of aliphatic hydroxyl groups excluding tert-OH is 1. The molecule has 0 spiro atoms. The van der Waals surface area contributed by atoms with Crippen LogP contribution in [-0.4, -0.2) is 35.3 Å². The van der Waals surface area contributed by atoms with Gasteiger partial charge in [0.1, 0.15) is 6.23 Å². The summed E-state index contributed by atoms with van der Waals surface area (Å²) in [5.41, 5.74) is 5.12. The van der Waals surface area contributed by atoms with E-state index in [1.807, 2.05) is 6.92 Å². The smallest absolute Gasteiger partial charge is 0.223 e. The molecule has 0 heterocycles. The molecule has 90 valence electrons. The third kappa shape index (κ3) is 8.72. The molecule has 0 bridgehead atoms. The zero-order chi connectivity index (χ0) is 11.7. The van der Waals surface area contributed by atoms with E-state index in [1.54, 1.807) is 11.8 Å². The summed E-state index contributed by atoms with van der Waals surface area (Å²) in [6, 6.07) is 0. The number of nitrogens with one attached hydrogen (secondary N) is 1. The second kappa shape index (κ2) is 9.00. The molecule has 0 fully saturated rings. The number of unbranched alkanes of at least 4 members (excludes halogenated alkanes) is 1. The monoisotopic (exact) mass is 234 g/mol. The fourth-order valence-electron chi connectivity index (χ4n) is 0.962. The Morgan fingerprint density at radius 2 is 2.27 bits per heavy atom. The number of nitrogens with two attached hydrogens (primary N) is 1. The molecule has 4 N–H and O–H groups in total. The van der Waals surface area contributed by atoms with Crippen molar-refractivity contribution in [3.05, 3.63) is 0 Å². The quantitative estimate of drug-likeness (QED) is 0.423. The zero-order valence-electron chi connectivity index (χ0n) is 9.53. The highest BCUT2D eigenvalue weighted by molar-refractivity contribution is 7.99. The number of carbonyl (C=O) groups is 1. The predicted octanol–water partition coefficient (Wildman–Crippen LogP) is 0.549. The molecule has 0 aromatic heterocycles. The van der Waals surface area contributed by atoms with Crippen LogP contribution >= 0.6 is 11.8 Å². The molecule has 2 atom stereocenters. The molecule has 0 aromatic rings. The first-order valence-electron chi connectivity index (χ1n) is 5.37. The van der Waals surface area contributed by atoms with Crippen LogP contribution in [-0.2, 0) is 4.79 Å². The van der Waals surface area contributed by atoms with Crippen LogP contribution < -0.4 is 11.1 Å². The van der Waals surface area contributed by atoms with Gasteiger partial charge in [-0.15, -0.1) is 0 Å². The Kier molecular flexibility index (Phi) is 8.85. The highest BCUT2D eigenvalue weighted by Crippen LogP contribution is 2.10. The van der Waals surface area contributed by atoms with Crippen LogP contribution in [0.1, 0.15) is 26.7 Å². The fraction of sp³-hybridized carbons (Fsp3) is 0.900. The van der Waals surface area contributed by atoms with E-state index in [9.17, 15) is 4.79 Å². The molecule has 1 amide bonds. The number of carbonyl (C=O) groups excluding carboxylic acids is 1. The third-order valence-electron chi connectivity index (χ3n) is 1.94. The van der Waals surface area contributed by atoms with E-state index in [2.05, 4.69) is 12.2 Å². The van der Waals surface area contributed by atoms with E-state index in [1.165, 1.54) is 12.8 Å². The first-order valence-corrected chi connectivity index (χ1v) is 6.52. The van der Waals surface area contributed by atoms with E-state index in [-0.39, 0.29) is 18.4 Å². The minimum Gasteiger partial charge on any atom is -0.377 e. The van der Waals surface area contributed by atoms with Crippen LogP contribution in [0.3, 0.4) is 0 Å². The summed E-state index contributed by atoms with van der Waals surface area (Å²) in [6.07, 6.45) is 1.42. The van der Waals surface area contributed by atoms with Gasteiger partial charge >= 0.3 is 0 Å². The van der Waals surface area contributed by atoms with Gasteiger partial charge in [0, 0.05) is 11.7 Å². The van der Waals surface area contributed by atoms with Gasteiger partial charge in [-0.25, -0.2) is 0 Å². The first-order chi connectivity index (χ1) is 7.07.